The summed E-state index contributed by atoms with van der Waals surface area (Å²) in [4.78, 5) is 44.6. The van der Waals surface area contributed by atoms with Gasteiger partial charge in [0, 0.05) is 30.4 Å². The Morgan fingerprint density at radius 1 is 0.884 bits per heavy atom. The van der Waals surface area contributed by atoms with Crippen LogP contribution in [-0.4, -0.2) is 47.5 Å². The molecule has 1 N–H and O–H groups in total. The van der Waals surface area contributed by atoms with Crippen molar-refractivity contribution in [2.24, 2.45) is 16.8 Å². The first-order valence-electron chi connectivity index (χ1n) is 13.8. The number of halogens is 6. The van der Waals surface area contributed by atoms with E-state index in [0.717, 1.165) is 0 Å². The number of esters is 1. The van der Waals surface area contributed by atoms with Gasteiger partial charge in [0.15, 0.2) is 11.9 Å². The fraction of sp³-hybridized carbons (Fsp3) is 0.484. The number of nitrogens with one attached hydrogen (secondary N) is 1. The maximum atomic E-state index is 13.6. The smallest absolute Gasteiger partial charge is 0.389 e. The molecule has 1 heterocycles. The second-order valence-electron chi connectivity index (χ2n) is 11.5. The molecule has 0 radical (unpaired) electrons. The highest BCUT2D eigenvalue weighted by atomic mass is 19.4. The third-order valence-electron chi connectivity index (χ3n) is 6.77. The Bertz CT molecular complexity index is 1320. The number of benzene rings is 2. The molecule has 6 nitrogen and oxygen atoms in total. The largest absolute Gasteiger partial charge is 0.460 e. The molecule has 1 amide bonds. The van der Waals surface area contributed by atoms with Crippen LogP contribution in [0.2, 0.25) is 0 Å². The molecule has 2 aromatic rings. The lowest BCUT2D eigenvalue weighted by Gasteiger charge is -2.30. The molecule has 0 aromatic heterocycles. The molecule has 0 bridgehead atoms. The summed E-state index contributed by atoms with van der Waals surface area (Å²) in [6, 6.07) is 15.7. The molecule has 0 saturated carbocycles. The average Bonchev–Trinajstić information content (AvgIpc) is 3.02. The molecule has 2 aromatic carbocycles. The van der Waals surface area contributed by atoms with Crippen LogP contribution in [0.5, 0.6) is 0 Å². The standard InChI is InChI=1S/C31H34F6N2O4/c1-29(2,3)43-28(42)23(14-9-16-30(32,33)34)22(15-17-31(35,36)37)27(41)39-26-24(40)18-20-12-7-8-13-21(20)25(38-26)19-10-5-4-6-11-19/h4-8,10-13,22-23,26H,9,14-18H2,1-3H3,(H,39,41)/t22-,23+,26-/m1/s1. The van der Waals surface area contributed by atoms with Crippen molar-refractivity contribution in [1.82, 2.24) is 5.32 Å². The van der Waals surface area contributed by atoms with Gasteiger partial charge in [-0.25, -0.2) is 0 Å². The van der Waals surface area contributed by atoms with Crippen molar-refractivity contribution in [2.45, 2.75) is 83.4 Å². The van der Waals surface area contributed by atoms with Crippen LogP contribution in [-0.2, 0) is 25.5 Å². The highest BCUT2D eigenvalue weighted by Gasteiger charge is 2.41. The zero-order chi connectivity index (χ0) is 32.0. The lowest BCUT2D eigenvalue weighted by Crippen LogP contribution is -2.47. The Morgan fingerprint density at radius 2 is 1.49 bits per heavy atom. The van der Waals surface area contributed by atoms with Gasteiger partial charge in [0.2, 0.25) is 5.91 Å². The van der Waals surface area contributed by atoms with Crippen LogP contribution >= 0.6 is 0 Å². The molecule has 1 aliphatic heterocycles. The Balaban J connectivity index is 2.00. The quantitative estimate of drug-likeness (QED) is 0.238. The average molecular weight is 613 g/mol. The number of Topliss-reactive ketones (excluding diaryl/α,β-unsaturated/α-hetero) is 1. The second kappa shape index (κ2) is 13.7. The van der Waals surface area contributed by atoms with Crippen LogP contribution in [0.25, 0.3) is 0 Å². The van der Waals surface area contributed by atoms with Crippen LogP contribution in [0.15, 0.2) is 59.6 Å². The number of aliphatic imine (C=N–C) groups is 1. The third-order valence-corrected chi connectivity index (χ3v) is 6.77. The van der Waals surface area contributed by atoms with E-state index in [2.05, 4.69) is 10.3 Å². The second-order valence-corrected chi connectivity index (χ2v) is 11.5. The van der Waals surface area contributed by atoms with Gasteiger partial charge in [0.05, 0.1) is 17.5 Å². The van der Waals surface area contributed by atoms with Crippen molar-refractivity contribution in [3.63, 3.8) is 0 Å². The van der Waals surface area contributed by atoms with Gasteiger partial charge in [0.1, 0.15) is 5.60 Å². The lowest BCUT2D eigenvalue weighted by atomic mass is 9.83. The van der Waals surface area contributed by atoms with E-state index in [4.69, 9.17) is 4.74 Å². The summed E-state index contributed by atoms with van der Waals surface area (Å²) in [6.07, 6.45) is -15.8. The number of carbonyl (C=O) groups is 3. The Morgan fingerprint density at radius 3 is 2.09 bits per heavy atom. The molecule has 234 valence electrons. The Hall–Kier alpha value is -3.70. The van der Waals surface area contributed by atoms with E-state index in [0.29, 0.717) is 22.4 Å². The summed E-state index contributed by atoms with van der Waals surface area (Å²) in [5.41, 5.74) is 1.12. The number of hydrogen-bond acceptors (Lipinski definition) is 5. The molecule has 0 unspecified atom stereocenters. The summed E-state index contributed by atoms with van der Waals surface area (Å²) < 4.78 is 84.0. The molecule has 0 spiro atoms. The van der Waals surface area contributed by atoms with Gasteiger partial charge in [0.25, 0.3) is 0 Å². The van der Waals surface area contributed by atoms with Crippen LogP contribution < -0.4 is 5.32 Å². The molecule has 12 heteroatoms. The van der Waals surface area contributed by atoms with Gasteiger partial charge in [-0.3, -0.25) is 19.4 Å². The zero-order valence-electron chi connectivity index (χ0n) is 24.0. The minimum Gasteiger partial charge on any atom is -0.460 e. The summed E-state index contributed by atoms with van der Waals surface area (Å²) in [5, 5.41) is 2.41. The van der Waals surface area contributed by atoms with Gasteiger partial charge >= 0.3 is 18.3 Å². The highest BCUT2D eigenvalue weighted by Crippen LogP contribution is 2.33. The number of carbonyl (C=O) groups excluding carboxylic acids is 3. The summed E-state index contributed by atoms with van der Waals surface area (Å²) >= 11 is 0. The normalized spacial score (nSPS) is 17.3. The van der Waals surface area contributed by atoms with Crippen molar-refractivity contribution in [2.75, 3.05) is 0 Å². The molecule has 3 atom stereocenters. The van der Waals surface area contributed by atoms with E-state index in [1.807, 2.05) is 0 Å². The van der Waals surface area contributed by atoms with Crippen molar-refractivity contribution < 1.29 is 45.5 Å². The van der Waals surface area contributed by atoms with Crippen LogP contribution in [0.1, 0.15) is 69.6 Å². The zero-order valence-corrected chi connectivity index (χ0v) is 24.0. The molecule has 43 heavy (non-hydrogen) atoms. The molecule has 3 rings (SSSR count). The van der Waals surface area contributed by atoms with Gasteiger partial charge in [-0.05, 0) is 45.6 Å². The van der Waals surface area contributed by atoms with Crippen LogP contribution in [0, 0.1) is 11.8 Å². The molecule has 1 aliphatic rings. The summed E-state index contributed by atoms with van der Waals surface area (Å²) in [6.45, 7) is 4.47. The monoisotopic (exact) mass is 612 g/mol. The number of nitrogens with zero attached hydrogens (tertiary/aromatic N) is 1. The van der Waals surface area contributed by atoms with Crippen molar-refractivity contribution in [1.29, 1.82) is 0 Å². The first kappa shape index (κ1) is 33.8. The van der Waals surface area contributed by atoms with E-state index in [1.54, 1.807) is 54.6 Å². The van der Waals surface area contributed by atoms with Crippen molar-refractivity contribution >= 4 is 23.4 Å². The molecule has 0 aliphatic carbocycles. The molecular formula is C31H34F6N2O4. The van der Waals surface area contributed by atoms with Gasteiger partial charge in [-0.1, -0.05) is 54.6 Å². The van der Waals surface area contributed by atoms with Crippen molar-refractivity contribution in [3.05, 3.63) is 71.3 Å². The third kappa shape index (κ3) is 10.5. The minimum atomic E-state index is -4.72. The van der Waals surface area contributed by atoms with E-state index in [1.165, 1.54) is 20.8 Å². The Labute approximate surface area is 245 Å². The van der Waals surface area contributed by atoms with E-state index in [9.17, 15) is 40.7 Å². The SMILES string of the molecule is CC(C)(C)OC(=O)[C@@H](CCCC(F)(F)F)[C@@H](CCC(F)(F)F)C(=O)N[C@H]1N=C(c2ccccc2)c2ccccc2CC1=O. The number of hydrogen-bond donors (Lipinski definition) is 1. The summed E-state index contributed by atoms with van der Waals surface area (Å²) in [7, 11) is 0. The number of ether oxygens (including phenoxy) is 1. The number of ketones is 1. The molecular weight excluding hydrogens is 578 g/mol. The Kier molecular flexibility index (Phi) is 10.8. The lowest BCUT2D eigenvalue weighted by molar-refractivity contribution is -0.168. The topological polar surface area (TPSA) is 84.8 Å². The number of rotatable bonds is 10. The molecule has 0 fully saturated rings. The van der Waals surface area contributed by atoms with Crippen LogP contribution in [0.3, 0.4) is 0 Å². The first-order chi connectivity index (χ1) is 19.9. The van der Waals surface area contributed by atoms with Gasteiger partial charge in [-0.2, -0.15) is 26.3 Å². The van der Waals surface area contributed by atoms with Crippen LogP contribution in [0.4, 0.5) is 26.3 Å². The number of amides is 1. The highest BCUT2D eigenvalue weighted by molar-refractivity contribution is 6.16. The van der Waals surface area contributed by atoms with Gasteiger partial charge in [-0.15, -0.1) is 0 Å². The van der Waals surface area contributed by atoms with E-state index >= 15 is 0 Å². The fourth-order valence-corrected chi connectivity index (χ4v) is 4.86. The fourth-order valence-electron chi connectivity index (χ4n) is 4.86. The van der Waals surface area contributed by atoms with E-state index < -0.39 is 85.7 Å². The first-order valence-corrected chi connectivity index (χ1v) is 13.8. The molecule has 0 saturated heterocycles. The summed E-state index contributed by atoms with van der Waals surface area (Å²) in [5.74, 6) is -6.11. The predicted octanol–water partition coefficient (Wildman–Crippen LogP) is 6.74. The van der Waals surface area contributed by atoms with Crippen molar-refractivity contribution in [3.8, 4) is 0 Å². The van der Waals surface area contributed by atoms with E-state index in [-0.39, 0.29) is 6.42 Å². The number of alkyl halides is 6. The maximum absolute atomic E-state index is 13.6. The number of fused-ring (bicyclic) bond motifs is 1. The predicted molar refractivity (Wildman–Crippen MR) is 147 cm³/mol. The minimum absolute atomic E-state index is 0.144. The maximum Gasteiger partial charge on any atom is 0.389 e. The van der Waals surface area contributed by atoms with Gasteiger partial charge < -0.3 is 10.1 Å².